The van der Waals surface area contributed by atoms with Gasteiger partial charge in [0.05, 0.1) is 28.4 Å². The Morgan fingerprint density at radius 1 is 1.19 bits per heavy atom. The Hall–Kier alpha value is -3.20. The van der Waals surface area contributed by atoms with Gasteiger partial charge in [-0.05, 0) is 55.7 Å². The summed E-state index contributed by atoms with van der Waals surface area (Å²) in [5, 5.41) is 2.81. The second kappa shape index (κ2) is 8.50. The third-order valence-corrected chi connectivity index (χ3v) is 6.61. The molecule has 1 aliphatic rings. The lowest BCUT2D eigenvalue weighted by molar-refractivity contribution is 0.0951. The van der Waals surface area contributed by atoms with E-state index in [1.807, 2.05) is 6.20 Å². The number of fused-ring (bicyclic) bond motifs is 1. The molecule has 4 rings (SSSR count). The number of carbonyl (C=O) groups excluding carboxylic acids is 1. The highest BCUT2D eigenvalue weighted by Crippen LogP contribution is 2.22. The first-order chi connectivity index (χ1) is 14.8. The molecule has 1 aliphatic heterocycles. The maximum atomic E-state index is 13.5. The minimum Gasteiger partial charge on any atom is -0.346 e. The van der Waals surface area contributed by atoms with Crippen molar-refractivity contribution in [2.24, 2.45) is 0 Å². The topological polar surface area (TPSA) is 93.1 Å². The van der Waals surface area contributed by atoms with E-state index in [9.17, 15) is 17.6 Å². The molecule has 0 bridgehead atoms. The van der Waals surface area contributed by atoms with Gasteiger partial charge >= 0.3 is 0 Å². The number of nitrogens with one attached hydrogen (secondary N) is 2. The number of imidazole rings is 1. The number of hydrogen-bond donors (Lipinski definition) is 2. The number of benzene rings is 2. The molecule has 0 radical (unpaired) electrons. The maximum absolute atomic E-state index is 13.5. The number of sulfonamides is 1. The van der Waals surface area contributed by atoms with Crippen molar-refractivity contribution in [3.63, 3.8) is 0 Å². The molecule has 9 heteroatoms. The van der Waals surface area contributed by atoms with Crippen LogP contribution in [0.5, 0.6) is 0 Å². The normalized spacial score (nSPS) is 13.5. The molecule has 7 nitrogen and oxygen atoms in total. The molecule has 2 aromatic carbocycles. The van der Waals surface area contributed by atoms with Crippen LogP contribution < -0.4 is 10.0 Å². The van der Waals surface area contributed by atoms with E-state index in [0.717, 1.165) is 43.4 Å². The summed E-state index contributed by atoms with van der Waals surface area (Å²) in [7, 11) is -3.99. The monoisotopic (exact) mass is 442 g/mol. The lowest BCUT2D eigenvalue weighted by Crippen LogP contribution is -2.25. The lowest BCUT2D eigenvalue weighted by Gasteiger charge is -2.13. The van der Waals surface area contributed by atoms with Gasteiger partial charge in [-0.2, -0.15) is 0 Å². The molecule has 1 aromatic heterocycles. The molecule has 0 unspecified atom stereocenters. The van der Waals surface area contributed by atoms with Crippen LogP contribution in [0, 0.1) is 12.7 Å². The van der Waals surface area contributed by atoms with Crippen LogP contribution in [-0.4, -0.2) is 23.9 Å². The van der Waals surface area contributed by atoms with Gasteiger partial charge in [0.2, 0.25) is 0 Å². The fourth-order valence-corrected chi connectivity index (χ4v) is 4.75. The number of aromatic nitrogens is 2. The zero-order valence-electron chi connectivity index (χ0n) is 17.1. The summed E-state index contributed by atoms with van der Waals surface area (Å²) in [5.41, 5.74) is 1.32. The van der Waals surface area contributed by atoms with Gasteiger partial charge in [-0.3, -0.25) is 9.52 Å². The van der Waals surface area contributed by atoms with Crippen LogP contribution in [0.4, 0.5) is 10.1 Å². The second-order valence-corrected chi connectivity index (χ2v) is 9.23. The fraction of sp³-hybridized carbons (Fsp3) is 0.273. The molecular formula is C22H23FN4O3S. The zero-order valence-corrected chi connectivity index (χ0v) is 17.9. The summed E-state index contributed by atoms with van der Waals surface area (Å²) in [6.45, 7) is 2.67. The predicted octanol–water partition coefficient (Wildman–Crippen LogP) is 3.40. The van der Waals surface area contributed by atoms with Gasteiger partial charge in [0, 0.05) is 19.2 Å². The Morgan fingerprint density at radius 2 is 2.00 bits per heavy atom. The molecule has 0 saturated carbocycles. The molecule has 0 aliphatic carbocycles. The largest absolute Gasteiger partial charge is 0.346 e. The lowest BCUT2D eigenvalue weighted by atomic mass is 10.1. The van der Waals surface area contributed by atoms with Gasteiger partial charge in [-0.15, -0.1) is 0 Å². The van der Waals surface area contributed by atoms with Crippen molar-refractivity contribution in [1.82, 2.24) is 14.9 Å². The average Bonchev–Trinajstić information content (AvgIpc) is 3.17. The van der Waals surface area contributed by atoms with Crippen LogP contribution in [0.25, 0.3) is 0 Å². The van der Waals surface area contributed by atoms with E-state index in [0.29, 0.717) is 0 Å². The van der Waals surface area contributed by atoms with Crippen LogP contribution >= 0.6 is 0 Å². The third-order valence-electron chi connectivity index (χ3n) is 5.24. The summed E-state index contributed by atoms with van der Waals surface area (Å²) in [4.78, 5) is 17.3. The minimum absolute atomic E-state index is 0.0785. The molecule has 2 heterocycles. The average molecular weight is 443 g/mol. The van der Waals surface area contributed by atoms with Gasteiger partial charge in [0.25, 0.3) is 15.9 Å². The number of nitrogens with zero attached hydrogens (tertiary/aromatic N) is 2. The van der Waals surface area contributed by atoms with E-state index in [-0.39, 0.29) is 28.3 Å². The van der Waals surface area contributed by atoms with Crippen molar-refractivity contribution in [2.75, 3.05) is 4.72 Å². The number of para-hydroxylation sites is 1. The van der Waals surface area contributed by atoms with Crippen LogP contribution in [-0.2, 0) is 29.5 Å². The third kappa shape index (κ3) is 4.61. The molecule has 0 fully saturated rings. The molecule has 0 spiro atoms. The smallest absolute Gasteiger partial charge is 0.261 e. The van der Waals surface area contributed by atoms with Crippen molar-refractivity contribution in [3.05, 3.63) is 77.1 Å². The van der Waals surface area contributed by atoms with Crippen molar-refractivity contribution < 1.29 is 17.6 Å². The Labute approximate surface area is 180 Å². The summed E-state index contributed by atoms with van der Waals surface area (Å²) >= 11 is 0. The first-order valence-corrected chi connectivity index (χ1v) is 11.5. The van der Waals surface area contributed by atoms with Crippen LogP contribution in [0.3, 0.4) is 0 Å². The highest BCUT2D eigenvalue weighted by Gasteiger charge is 2.20. The van der Waals surface area contributed by atoms with E-state index in [4.69, 9.17) is 0 Å². The Morgan fingerprint density at radius 3 is 2.77 bits per heavy atom. The second-order valence-electron chi connectivity index (χ2n) is 7.54. The first-order valence-electron chi connectivity index (χ1n) is 10.0. The van der Waals surface area contributed by atoms with Gasteiger partial charge in [0.15, 0.2) is 0 Å². The maximum Gasteiger partial charge on any atom is 0.261 e. The Kier molecular flexibility index (Phi) is 5.77. The molecule has 3 aromatic rings. The molecule has 1 amide bonds. The Bertz CT molecular complexity index is 1210. The molecule has 31 heavy (non-hydrogen) atoms. The predicted molar refractivity (Wildman–Crippen MR) is 115 cm³/mol. The number of aryl methyl sites for hydroxylation is 3. The van der Waals surface area contributed by atoms with Crippen LogP contribution in [0.2, 0.25) is 0 Å². The summed E-state index contributed by atoms with van der Waals surface area (Å²) in [6.07, 6.45) is 5.11. The standard InChI is InChI=1S/C22H23FN4O3S/c1-15-12-17(9-10-19(15)23)31(29,30)26-20-7-3-2-6-18(20)22(28)24-13-16-14-27-11-5-4-8-21(27)25-16/h2-3,6-7,9-10,12,14,26H,4-5,8,11,13H2,1H3,(H,24,28). The summed E-state index contributed by atoms with van der Waals surface area (Å²) < 4.78 is 43.6. The zero-order chi connectivity index (χ0) is 22.0. The molecule has 162 valence electrons. The Balaban J connectivity index is 1.50. The van der Waals surface area contributed by atoms with Crippen molar-refractivity contribution in [3.8, 4) is 0 Å². The van der Waals surface area contributed by atoms with Gasteiger partial charge in [-0.25, -0.2) is 17.8 Å². The van der Waals surface area contributed by atoms with E-state index in [1.165, 1.54) is 25.1 Å². The number of rotatable bonds is 6. The van der Waals surface area contributed by atoms with Crippen molar-refractivity contribution in [2.45, 2.75) is 44.2 Å². The molecule has 2 N–H and O–H groups in total. The van der Waals surface area contributed by atoms with Crippen molar-refractivity contribution in [1.29, 1.82) is 0 Å². The van der Waals surface area contributed by atoms with Gasteiger partial charge < -0.3 is 9.88 Å². The minimum atomic E-state index is -3.99. The van der Waals surface area contributed by atoms with E-state index in [1.54, 1.807) is 18.2 Å². The molecule has 0 saturated heterocycles. The molecule has 0 atom stereocenters. The molecular weight excluding hydrogens is 419 g/mol. The highest BCUT2D eigenvalue weighted by molar-refractivity contribution is 7.92. The highest BCUT2D eigenvalue weighted by atomic mass is 32.2. The number of amides is 1. The van der Waals surface area contributed by atoms with Crippen molar-refractivity contribution >= 4 is 21.6 Å². The number of halogens is 1. The number of carbonyl (C=O) groups is 1. The number of anilines is 1. The quantitative estimate of drug-likeness (QED) is 0.612. The first kappa shape index (κ1) is 21.0. The number of hydrogen-bond acceptors (Lipinski definition) is 4. The SMILES string of the molecule is Cc1cc(S(=O)(=O)Nc2ccccc2C(=O)NCc2cn3c(n2)CCCC3)ccc1F. The summed E-state index contributed by atoms with van der Waals surface area (Å²) in [5.74, 6) is 0.123. The van der Waals surface area contributed by atoms with Gasteiger partial charge in [-0.1, -0.05) is 12.1 Å². The summed E-state index contributed by atoms with van der Waals surface area (Å²) in [6, 6.07) is 9.89. The van der Waals surface area contributed by atoms with E-state index in [2.05, 4.69) is 19.6 Å². The van der Waals surface area contributed by atoms with E-state index < -0.39 is 21.7 Å². The van der Waals surface area contributed by atoms with E-state index >= 15 is 0 Å². The van der Waals surface area contributed by atoms with Gasteiger partial charge in [0.1, 0.15) is 11.6 Å². The van der Waals surface area contributed by atoms with Crippen LogP contribution in [0.15, 0.2) is 53.6 Å². The van der Waals surface area contributed by atoms with Crippen LogP contribution in [0.1, 0.15) is 40.3 Å². The fourth-order valence-electron chi connectivity index (χ4n) is 3.58.